The van der Waals surface area contributed by atoms with Gasteiger partial charge in [-0.3, -0.25) is 4.72 Å². The Morgan fingerprint density at radius 2 is 1.67 bits per heavy atom. The maximum atomic E-state index is 12.4. The zero-order valence-corrected chi connectivity index (χ0v) is 12.6. The lowest BCUT2D eigenvalue weighted by Crippen LogP contribution is -2.14. The fraction of sp³-hybridized carbons (Fsp3) is 0.0833. The molecule has 0 saturated carbocycles. The van der Waals surface area contributed by atoms with Gasteiger partial charge in [0.05, 0.1) is 10.5 Å². The van der Waals surface area contributed by atoms with E-state index in [0.29, 0.717) is 10.7 Å². The van der Waals surface area contributed by atoms with Crippen LogP contribution >= 0.6 is 15.9 Å². The minimum atomic E-state index is -4.52. The first-order valence-electron chi connectivity index (χ1n) is 5.50. The van der Waals surface area contributed by atoms with Crippen LogP contribution in [0, 0.1) is 0 Å². The summed E-state index contributed by atoms with van der Waals surface area (Å²) in [7, 11) is -3.89. The minimum absolute atomic E-state index is 0.0209. The van der Waals surface area contributed by atoms with E-state index in [-0.39, 0.29) is 10.7 Å². The summed E-state index contributed by atoms with van der Waals surface area (Å²) in [4.78, 5) is 3.43. The molecule has 0 amide bonds. The third-order valence-corrected chi connectivity index (χ3v) is 4.35. The van der Waals surface area contributed by atoms with Gasteiger partial charge < -0.3 is 0 Å². The third-order valence-electron chi connectivity index (χ3n) is 2.45. The van der Waals surface area contributed by atoms with Crippen molar-refractivity contribution in [2.75, 3.05) is 4.72 Å². The Labute approximate surface area is 127 Å². The van der Waals surface area contributed by atoms with Gasteiger partial charge >= 0.3 is 6.18 Å². The molecule has 0 spiro atoms. The molecule has 0 fully saturated rings. The SMILES string of the molecule is O=S(=O)(Nc1ccc(C(F)(F)F)cn1)c1ccc(Br)cc1. The summed E-state index contributed by atoms with van der Waals surface area (Å²) in [6.45, 7) is 0. The molecule has 0 aliphatic carbocycles. The van der Waals surface area contributed by atoms with Gasteiger partial charge in [0.25, 0.3) is 10.0 Å². The van der Waals surface area contributed by atoms with Crippen LogP contribution in [-0.2, 0) is 16.2 Å². The monoisotopic (exact) mass is 380 g/mol. The lowest BCUT2D eigenvalue weighted by Gasteiger charge is -2.09. The molecule has 0 radical (unpaired) electrons. The average molecular weight is 381 g/mol. The highest BCUT2D eigenvalue weighted by Gasteiger charge is 2.30. The van der Waals surface area contributed by atoms with Crippen molar-refractivity contribution in [1.29, 1.82) is 0 Å². The second kappa shape index (κ2) is 5.64. The van der Waals surface area contributed by atoms with Crippen molar-refractivity contribution in [3.8, 4) is 0 Å². The van der Waals surface area contributed by atoms with Crippen LogP contribution in [0.25, 0.3) is 0 Å². The minimum Gasteiger partial charge on any atom is -0.263 e. The molecule has 1 heterocycles. The molecular formula is C12H8BrF3N2O2S. The van der Waals surface area contributed by atoms with Gasteiger partial charge in [0.15, 0.2) is 0 Å². The summed E-state index contributed by atoms with van der Waals surface area (Å²) in [6.07, 6.45) is -3.95. The number of nitrogens with zero attached hydrogens (tertiary/aromatic N) is 1. The van der Waals surface area contributed by atoms with Crippen molar-refractivity contribution in [3.05, 3.63) is 52.6 Å². The summed E-state index contributed by atoms with van der Waals surface area (Å²) in [5, 5.41) is 0. The van der Waals surface area contributed by atoms with Crippen LogP contribution in [-0.4, -0.2) is 13.4 Å². The maximum Gasteiger partial charge on any atom is 0.417 e. The molecule has 0 aliphatic rings. The van der Waals surface area contributed by atoms with Gasteiger partial charge in [-0.25, -0.2) is 13.4 Å². The predicted octanol–water partition coefficient (Wildman–Crippen LogP) is 3.66. The molecule has 9 heteroatoms. The number of pyridine rings is 1. The largest absolute Gasteiger partial charge is 0.417 e. The van der Waals surface area contributed by atoms with Gasteiger partial charge in [-0.05, 0) is 36.4 Å². The standard InChI is InChI=1S/C12H8BrF3N2O2S/c13-9-2-4-10(5-3-9)21(19,20)18-11-6-1-8(7-17-11)12(14,15)16/h1-7H,(H,17,18). The van der Waals surface area contributed by atoms with E-state index in [4.69, 9.17) is 0 Å². The van der Waals surface area contributed by atoms with Crippen LogP contribution in [0.5, 0.6) is 0 Å². The Morgan fingerprint density at radius 1 is 1.05 bits per heavy atom. The normalized spacial score (nSPS) is 12.2. The molecule has 1 aromatic heterocycles. The number of alkyl halides is 3. The van der Waals surface area contributed by atoms with E-state index in [1.807, 2.05) is 0 Å². The van der Waals surface area contributed by atoms with E-state index in [0.717, 1.165) is 12.1 Å². The Balaban J connectivity index is 2.23. The summed E-state index contributed by atoms with van der Waals surface area (Å²) in [6, 6.07) is 7.50. The van der Waals surface area contributed by atoms with Crippen molar-refractivity contribution in [1.82, 2.24) is 4.98 Å². The van der Waals surface area contributed by atoms with E-state index in [2.05, 4.69) is 25.6 Å². The summed E-state index contributed by atoms with van der Waals surface area (Å²) < 4.78 is 64.0. The number of nitrogens with one attached hydrogen (secondary N) is 1. The second-order valence-electron chi connectivity index (χ2n) is 3.99. The van der Waals surface area contributed by atoms with Gasteiger partial charge in [-0.1, -0.05) is 15.9 Å². The molecule has 4 nitrogen and oxygen atoms in total. The highest BCUT2D eigenvalue weighted by Crippen LogP contribution is 2.29. The van der Waals surface area contributed by atoms with E-state index in [9.17, 15) is 21.6 Å². The lowest BCUT2D eigenvalue weighted by molar-refractivity contribution is -0.137. The Morgan fingerprint density at radius 3 is 2.14 bits per heavy atom. The van der Waals surface area contributed by atoms with Gasteiger partial charge in [-0.2, -0.15) is 13.2 Å². The van der Waals surface area contributed by atoms with Crippen LogP contribution in [0.3, 0.4) is 0 Å². The zero-order valence-electron chi connectivity index (χ0n) is 10.2. The van der Waals surface area contributed by atoms with Crippen molar-refractivity contribution in [2.24, 2.45) is 0 Å². The number of hydrogen-bond acceptors (Lipinski definition) is 3. The molecular weight excluding hydrogens is 373 g/mol. The lowest BCUT2D eigenvalue weighted by atomic mass is 10.3. The number of hydrogen-bond donors (Lipinski definition) is 1. The third kappa shape index (κ3) is 3.94. The highest BCUT2D eigenvalue weighted by molar-refractivity contribution is 9.10. The topological polar surface area (TPSA) is 59.1 Å². The fourth-order valence-electron chi connectivity index (χ4n) is 1.43. The average Bonchev–Trinajstić information content (AvgIpc) is 2.38. The van der Waals surface area contributed by atoms with Crippen molar-refractivity contribution in [3.63, 3.8) is 0 Å². The van der Waals surface area contributed by atoms with Crippen LogP contribution in [0.15, 0.2) is 52.0 Å². The predicted molar refractivity (Wildman–Crippen MR) is 74.2 cm³/mol. The molecule has 0 aliphatic heterocycles. The van der Waals surface area contributed by atoms with Crippen LogP contribution in [0.2, 0.25) is 0 Å². The van der Waals surface area contributed by atoms with Crippen LogP contribution in [0.4, 0.5) is 19.0 Å². The number of aromatic nitrogens is 1. The smallest absolute Gasteiger partial charge is 0.263 e. The molecule has 0 atom stereocenters. The number of anilines is 1. The molecule has 112 valence electrons. The van der Waals surface area contributed by atoms with E-state index < -0.39 is 21.8 Å². The second-order valence-corrected chi connectivity index (χ2v) is 6.59. The van der Waals surface area contributed by atoms with E-state index >= 15 is 0 Å². The van der Waals surface area contributed by atoms with Gasteiger partial charge in [0.1, 0.15) is 5.82 Å². The first-order valence-corrected chi connectivity index (χ1v) is 7.78. The summed E-state index contributed by atoms with van der Waals surface area (Å²) in [5.41, 5.74) is -0.950. The zero-order chi connectivity index (χ0) is 15.7. The van der Waals surface area contributed by atoms with Crippen molar-refractivity contribution < 1.29 is 21.6 Å². The molecule has 2 rings (SSSR count). The van der Waals surface area contributed by atoms with E-state index in [1.165, 1.54) is 24.3 Å². The first kappa shape index (κ1) is 15.8. The number of halogens is 4. The molecule has 21 heavy (non-hydrogen) atoms. The summed E-state index contributed by atoms with van der Waals surface area (Å²) >= 11 is 3.17. The Kier molecular flexibility index (Phi) is 4.24. The van der Waals surface area contributed by atoms with Crippen LogP contribution in [0.1, 0.15) is 5.56 Å². The van der Waals surface area contributed by atoms with Crippen molar-refractivity contribution >= 4 is 31.8 Å². The van der Waals surface area contributed by atoms with Gasteiger partial charge in [0, 0.05) is 10.7 Å². The van der Waals surface area contributed by atoms with Gasteiger partial charge in [-0.15, -0.1) is 0 Å². The number of sulfonamides is 1. The van der Waals surface area contributed by atoms with Gasteiger partial charge in [0.2, 0.25) is 0 Å². The molecule has 0 unspecified atom stereocenters. The number of benzene rings is 1. The molecule has 2 aromatic rings. The maximum absolute atomic E-state index is 12.4. The Hall–Kier alpha value is -1.61. The quantitative estimate of drug-likeness (QED) is 0.883. The molecule has 1 aromatic carbocycles. The fourth-order valence-corrected chi connectivity index (χ4v) is 2.70. The molecule has 0 saturated heterocycles. The van der Waals surface area contributed by atoms with Crippen LogP contribution < -0.4 is 4.72 Å². The Bertz CT molecular complexity index is 729. The van der Waals surface area contributed by atoms with Crippen molar-refractivity contribution in [2.45, 2.75) is 11.1 Å². The number of rotatable bonds is 3. The molecule has 1 N–H and O–H groups in total. The first-order chi connectivity index (χ1) is 9.68. The molecule has 0 bridgehead atoms. The van der Waals surface area contributed by atoms with E-state index in [1.54, 1.807) is 0 Å². The highest BCUT2D eigenvalue weighted by atomic mass is 79.9. The summed E-state index contributed by atoms with van der Waals surface area (Å²) in [5.74, 6) is -0.189.